The third kappa shape index (κ3) is 3.19. The van der Waals surface area contributed by atoms with E-state index in [1.807, 2.05) is 66.7 Å². The van der Waals surface area contributed by atoms with Gasteiger partial charge in [-0.25, -0.2) is 0 Å². The molecule has 3 nitrogen and oxygen atoms in total. The number of pyridine rings is 1. The fraction of sp³-hybridized carbons (Fsp3) is 0.0476. The van der Waals surface area contributed by atoms with Crippen molar-refractivity contribution in [2.45, 2.75) is 6.54 Å². The van der Waals surface area contributed by atoms with Crippen LogP contribution in [0.2, 0.25) is 5.02 Å². The quantitative estimate of drug-likeness (QED) is 0.566. The van der Waals surface area contributed by atoms with E-state index in [1.54, 1.807) is 6.20 Å². The summed E-state index contributed by atoms with van der Waals surface area (Å²) in [6.45, 7) is 0.637. The molecule has 0 aliphatic heterocycles. The normalized spacial score (nSPS) is 10.9. The molecule has 0 spiro atoms. The number of hydrogen-bond donors (Lipinski definition) is 1. The highest BCUT2D eigenvalue weighted by Gasteiger charge is 2.04. The number of fused-ring (bicyclic) bond motifs is 2. The first-order valence-electron chi connectivity index (χ1n) is 8.01. The van der Waals surface area contributed by atoms with E-state index >= 15 is 0 Å². The number of aromatic nitrogens is 1. The first kappa shape index (κ1) is 15.6. The zero-order valence-electron chi connectivity index (χ0n) is 13.4. The molecule has 122 valence electrons. The molecule has 0 unspecified atom stereocenters. The van der Waals surface area contributed by atoms with Crippen molar-refractivity contribution in [3.8, 4) is 0 Å². The summed E-state index contributed by atoms with van der Waals surface area (Å²) >= 11 is 5.91. The summed E-state index contributed by atoms with van der Waals surface area (Å²) in [5, 5.41) is 6.26. The Morgan fingerprint density at radius 1 is 0.920 bits per heavy atom. The lowest BCUT2D eigenvalue weighted by atomic mass is 10.1. The minimum Gasteiger partial charge on any atom is -0.380 e. The average molecular weight is 347 g/mol. The van der Waals surface area contributed by atoms with E-state index in [2.05, 4.69) is 10.3 Å². The van der Waals surface area contributed by atoms with Gasteiger partial charge in [-0.2, -0.15) is 0 Å². The Kier molecular flexibility index (Phi) is 4.08. The van der Waals surface area contributed by atoms with Gasteiger partial charge < -0.3 is 5.32 Å². The molecule has 0 radical (unpaired) electrons. The minimum atomic E-state index is -0.00163. The number of halogens is 1. The predicted molar refractivity (Wildman–Crippen MR) is 104 cm³/mol. The highest BCUT2D eigenvalue weighted by Crippen LogP contribution is 2.18. The fourth-order valence-electron chi connectivity index (χ4n) is 2.86. The van der Waals surface area contributed by atoms with Crippen LogP contribution in [0.15, 0.2) is 77.7 Å². The topological polar surface area (TPSA) is 42.0 Å². The van der Waals surface area contributed by atoms with Gasteiger partial charge in [0.1, 0.15) is 0 Å². The van der Waals surface area contributed by atoms with Gasteiger partial charge in [0, 0.05) is 17.0 Å². The Bertz CT molecular complexity index is 1120. The lowest BCUT2D eigenvalue weighted by Crippen LogP contribution is -2.03. The summed E-state index contributed by atoms with van der Waals surface area (Å²) in [6.07, 6.45) is 1.75. The molecule has 3 aromatic carbocycles. The molecular formula is C21H15ClN2O. The molecule has 0 amide bonds. The van der Waals surface area contributed by atoms with Crippen LogP contribution in [0, 0.1) is 0 Å². The van der Waals surface area contributed by atoms with Gasteiger partial charge in [-0.05, 0) is 35.2 Å². The highest BCUT2D eigenvalue weighted by atomic mass is 35.5. The largest absolute Gasteiger partial charge is 0.380 e. The second-order valence-corrected chi connectivity index (χ2v) is 6.32. The molecule has 0 saturated heterocycles. The van der Waals surface area contributed by atoms with Crippen LogP contribution >= 0.6 is 11.6 Å². The van der Waals surface area contributed by atoms with Crippen molar-refractivity contribution in [3.05, 3.63) is 93.7 Å². The predicted octanol–water partition coefficient (Wildman–Crippen LogP) is 5.01. The van der Waals surface area contributed by atoms with Crippen molar-refractivity contribution in [1.82, 2.24) is 4.98 Å². The van der Waals surface area contributed by atoms with Crippen LogP contribution in [0.25, 0.3) is 21.7 Å². The standard InChI is InChI=1S/C21H15ClN2O/c22-16-8-5-14(6-9-16)12-23-17-11-19-20(24-13-17)10-7-15-3-1-2-4-18(15)21(19)25/h1-11,13,23H,12H2. The molecule has 4 rings (SSSR count). The van der Waals surface area contributed by atoms with E-state index in [9.17, 15) is 4.79 Å². The third-order valence-electron chi connectivity index (χ3n) is 4.20. The number of benzene rings is 2. The fourth-order valence-corrected chi connectivity index (χ4v) is 2.98. The monoisotopic (exact) mass is 346 g/mol. The number of hydrogen-bond acceptors (Lipinski definition) is 3. The van der Waals surface area contributed by atoms with Crippen molar-refractivity contribution >= 4 is 39.0 Å². The summed E-state index contributed by atoms with van der Waals surface area (Å²) in [6, 6.07) is 21.0. The van der Waals surface area contributed by atoms with Crippen LogP contribution in [0.4, 0.5) is 5.69 Å². The van der Waals surface area contributed by atoms with Gasteiger partial charge in [0.25, 0.3) is 0 Å². The first-order valence-corrected chi connectivity index (χ1v) is 8.39. The molecule has 1 N–H and O–H groups in total. The summed E-state index contributed by atoms with van der Waals surface area (Å²) in [7, 11) is 0. The Labute approximate surface area is 149 Å². The van der Waals surface area contributed by atoms with Crippen LogP contribution in [-0.4, -0.2) is 4.98 Å². The minimum absolute atomic E-state index is 0.00163. The zero-order valence-corrected chi connectivity index (χ0v) is 14.1. The summed E-state index contributed by atoms with van der Waals surface area (Å²) in [5.41, 5.74) is 2.61. The molecule has 0 saturated carbocycles. The SMILES string of the molecule is O=c1c2ccccc2ccc2ncc(NCc3ccc(Cl)cc3)cc12. The van der Waals surface area contributed by atoms with Crippen LogP contribution in [0.5, 0.6) is 0 Å². The maximum Gasteiger partial charge on any atom is 0.195 e. The molecule has 0 aliphatic rings. The second-order valence-electron chi connectivity index (χ2n) is 5.89. The van der Waals surface area contributed by atoms with E-state index in [4.69, 9.17) is 11.6 Å². The number of anilines is 1. The Morgan fingerprint density at radius 2 is 1.72 bits per heavy atom. The van der Waals surface area contributed by atoms with Gasteiger partial charge in [0.05, 0.1) is 22.8 Å². The molecular weight excluding hydrogens is 332 g/mol. The Balaban J connectivity index is 1.74. The van der Waals surface area contributed by atoms with Crippen molar-refractivity contribution in [2.24, 2.45) is 0 Å². The van der Waals surface area contributed by atoms with Gasteiger partial charge >= 0.3 is 0 Å². The lowest BCUT2D eigenvalue weighted by Gasteiger charge is -2.06. The molecule has 0 fully saturated rings. The molecule has 25 heavy (non-hydrogen) atoms. The van der Waals surface area contributed by atoms with Crippen molar-refractivity contribution in [1.29, 1.82) is 0 Å². The maximum atomic E-state index is 12.9. The van der Waals surface area contributed by atoms with E-state index in [0.29, 0.717) is 27.9 Å². The molecule has 4 heteroatoms. The second kappa shape index (κ2) is 6.54. The smallest absolute Gasteiger partial charge is 0.195 e. The summed E-state index contributed by atoms with van der Waals surface area (Å²) in [4.78, 5) is 17.3. The van der Waals surface area contributed by atoms with Crippen molar-refractivity contribution in [3.63, 3.8) is 0 Å². The van der Waals surface area contributed by atoms with Gasteiger partial charge in [-0.15, -0.1) is 0 Å². The van der Waals surface area contributed by atoms with Gasteiger partial charge in [-0.1, -0.05) is 54.1 Å². The maximum absolute atomic E-state index is 12.9. The van der Waals surface area contributed by atoms with Crippen molar-refractivity contribution in [2.75, 3.05) is 5.32 Å². The van der Waals surface area contributed by atoms with Gasteiger partial charge in [0.15, 0.2) is 5.43 Å². The lowest BCUT2D eigenvalue weighted by molar-refractivity contribution is 1.14. The Morgan fingerprint density at radius 3 is 2.56 bits per heavy atom. The number of nitrogens with one attached hydrogen (secondary N) is 1. The van der Waals surface area contributed by atoms with E-state index < -0.39 is 0 Å². The average Bonchev–Trinajstić information content (AvgIpc) is 2.79. The molecule has 0 atom stereocenters. The van der Waals surface area contributed by atoms with E-state index in [1.165, 1.54) is 0 Å². The van der Waals surface area contributed by atoms with Crippen LogP contribution in [-0.2, 0) is 6.54 Å². The molecule has 4 aromatic rings. The number of nitrogens with zero attached hydrogens (tertiary/aromatic N) is 1. The van der Waals surface area contributed by atoms with E-state index in [0.717, 1.165) is 16.6 Å². The molecule has 1 aromatic heterocycles. The number of rotatable bonds is 3. The van der Waals surface area contributed by atoms with Crippen LogP contribution in [0.3, 0.4) is 0 Å². The highest BCUT2D eigenvalue weighted by molar-refractivity contribution is 6.30. The van der Waals surface area contributed by atoms with E-state index in [-0.39, 0.29) is 5.43 Å². The first-order chi connectivity index (χ1) is 12.2. The van der Waals surface area contributed by atoms with Crippen LogP contribution < -0.4 is 10.7 Å². The van der Waals surface area contributed by atoms with Gasteiger partial charge in [0.2, 0.25) is 0 Å². The van der Waals surface area contributed by atoms with Crippen LogP contribution in [0.1, 0.15) is 5.56 Å². The molecule has 1 heterocycles. The third-order valence-corrected chi connectivity index (χ3v) is 4.45. The zero-order chi connectivity index (χ0) is 17.2. The molecule has 0 bridgehead atoms. The van der Waals surface area contributed by atoms with Crippen molar-refractivity contribution < 1.29 is 0 Å². The summed E-state index contributed by atoms with van der Waals surface area (Å²) < 4.78 is 0. The Hall–Kier alpha value is -2.91. The van der Waals surface area contributed by atoms with Gasteiger partial charge in [-0.3, -0.25) is 9.78 Å². The molecule has 0 aliphatic carbocycles. The summed E-state index contributed by atoms with van der Waals surface area (Å²) in [5.74, 6) is 0.